The number of H-pyrrole nitrogens is 1. The molecule has 1 saturated heterocycles. The molecule has 36 heavy (non-hydrogen) atoms. The zero-order chi connectivity index (χ0) is 24.8. The molecule has 2 aliphatic rings. The number of aromatic amines is 1. The number of thioether (sulfide) groups is 1. The molecule has 6 nitrogen and oxygen atoms in total. The molecule has 0 spiro atoms. The van der Waals surface area contributed by atoms with Crippen molar-refractivity contribution >= 4 is 40.6 Å². The molecule has 0 saturated carbocycles. The summed E-state index contributed by atoms with van der Waals surface area (Å²) in [6.07, 6.45) is 0. The summed E-state index contributed by atoms with van der Waals surface area (Å²) in [6.45, 7) is 0.332. The Hall–Kier alpha value is -3.69. The molecule has 0 bridgehead atoms. The number of nitrogens with one attached hydrogen (secondary N) is 1. The average Bonchev–Trinajstić information content (AvgIpc) is 3.38. The van der Waals surface area contributed by atoms with E-state index in [1.807, 2.05) is 54.6 Å². The van der Waals surface area contributed by atoms with Gasteiger partial charge in [-0.1, -0.05) is 71.6 Å². The number of thiazole rings is 1. The maximum Gasteiger partial charge on any atom is 0.305 e. The van der Waals surface area contributed by atoms with E-state index in [4.69, 9.17) is 4.74 Å². The molecule has 2 amide bonds. The molecule has 2 aliphatic heterocycles. The summed E-state index contributed by atoms with van der Waals surface area (Å²) < 4.78 is 19.7. The third kappa shape index (κ3) is 3.84. The highest BCUT2D eigenvalue weighted by Crippen LogP contribution is 2.54. The number of aromatic nitrogens is 1. The van der Waals surface area contributed by atoms with Crippen molar-refractivity contribution < 1.29 is 18.7 Å². The van der Waals surface area contributed by atoms with Gasteiger partial charge in [-0.15, -0.1) is 0 Å². The van der Waals surface area contributed by atoms with Crippen LogP contribution in [0, 0.1) is 11.7 Å². The first-order valence-electron chi connectivity index (χ1n) is 11.3. The van der Waals surface area contributed by atoms with Crippen molar-refractivity contribution in [1.29, 1.82) is 0 Å². The first kappa shape index (κ1) is 22.8. The van der Waals surface area contributed by atoms with Gasteiger partial charge in [0.1, 0.15) is 23.4 Å². The molecular weight excluding hydrogens is 499 g/mol. The van der Waals surface area contributed by atoms with E-state index in [0.717, 1.165) is 27.4 Å². The standard InChI is InChI=1S/C27H19FN2O4S2/c28-16-10-12-17(13-11-16)30-25(31)21-20(22-24(29-27(33)36-22)35-23(21)26(30)32)18-8-4-5-9-19(18)34-14-15-6-2-1-3-7-15/h1-13,20-21,23H,14H2,(H,29,33). The van der Waals surface area contributed by atoms with Crippen LogP contribution in [-0.2, 0) is 16.2 Å². The number of fused-ring (bicyclic) bond motifs is 2. The van der Waals surface area contributed by atoms with Crippen LogP contribution in [0.2, 0.25) is 0 Å². The van der Waals surface area contributed by atoms with Crippen molar-refractivity contribution in [3.63, 3.8) is 0 Å². The van der Waals surface area contributed by atoms with Crippen LogP contribution in [0.25, 0.3) is 0 Å². The number of halogens is 1. The predicted molar refractivity (Wildman–Crippen MR) is 136 cm³/mol. The lowest BCUT2D eigenvalue weighted by Crippen LogP contribution is -2.32. The molecule has 3 heterocycles. The highest BCUT2D eigenvalue weighted by molar-refractivity contribution is 8.00. The molecule has 0 aliphatic carbocycles. The van der Waals surface area contributed by atoms with Crippen molar-refractivity contribution in [2.75, 3.05) is 4.90 Å². The van der Waals surface area contributed by atoms with Gasteiger partial charge in [-0.2, -0.15) is 0 Å². The fraction of sp³-hybridized carbons (Fsp3) is 0.148. The van der Waals surface area contributed by atoms with Crippen molar-refractivity contribution in [2.24, 2.45) is 5.92 Å². The summed E-state index contributed by atoms with van der Waals surface area (Å²) in [4.78, 5) is 44.1. The number of hydrogen-bond donors (Lipinski definition) is 1. The number of hydrogen-bond acceptors (Lipinski definition) is 6. The van der Waals surface area contributed by atoms with E-state index in [2.05, 4.69) is 4.98 Å². The maximum absolute atomic E-state index is 13.8. The number of carbonyl (C=O) groups is 2. The Morgan fingerprint density at radius 2 is 1.61 bits per heavy atom. The van der Waals surface area contributed by atoms with E-state index in [1.54, 1.807) is 0 Å². The highest BCUT2D eigenvalue weighted by atomic mass is 32.2. The van der Waals surface area contributed by atoms with Crippen molar-refractivity contribution in [3.8, 4) is 5.75 Å². The van der Waals surface area contributed by atoms with Crippen LogP contribution in [0.1, 0.15) is 21.9 Å². The summed E-state index contributed by atoms with van der Waals surface area (Å²) in [5.41, 5.74) is 2.05. The minimum atomic E-state index is -0.743. The summed E-state index contributed by atoms with van der Waals surface area (Å²) >= 11 is 2.25. The minimum Gasteiger partial charge on any atom is -0.489 e. The van der Waals surface area contributed by atoms with Crippen LogP contribution < -0.4 is 14.5 Å². The van der Waals surface area contributed by atoms with Crippen molar-refractivity contribution in [3.05, 3.63) is 110 Å². The first-order valence-corrected chi connectivity index (χ1v) is 13.0. The van der Waals surface area contributed by atoms with E-state index in [-0.39, 0.29) is 16.7 Å². The van der Waals surface area contributed by atoms with E-state index in [9.17, 15) is 18.8 Å². The zero-order valence-electron chi connectivity index (χ0n) is 18.7. The molecular formula is C27H19FN2O4S2. The smallest absolute Gasteiger partial charge is 0.305 e. The third-order valence-corrected chi connectivity index (χ3v) is 8.80. The number of para-hydroxylation sites is 1. The van der Waals surface area contributed by atoms with E-state index < -0.39 is 22.9 Å². The summed E-state index contributed by atoms with van der Waals surface area (Å²) in [7, 11) is 0. The van der Waals surface area contributed by atoms with Crippen LogP contribution in [0.3, 0.4) is 0 Å². The summed E-state index contributed by atoms with van der Waals surface area (Å²) in [5.74, 6) is -1.92. The topological polar surface area (TPSA) is 79.5 Å². The van der Waals surface area contributed by atoms with E-state index in [0.29, 0.717) is 27.9 Å². The Bertz CT molecular complexity index is 1520. The van der Waals surface area contributed by atoms with Crippen LogP contribution in [0.4, 0.5) is 10.1 Å². The Labute approximate surface area is 213 Å². The van der Waals surface area contributed by atoms with Crippen molar-refractivity contribution in [2.45, 2.75) is 22.8 Å². The van der Waals surface area contributed by atoms with Crippen LogP contribution in [0.15, 0.2) is 88.7 Å². The molecule has 1 aromatic heterocycles. The second-order valence-corrected chi connectivity index (χ2v) is 10.7. The number of nitrogens with zero attached hydrogens (tertiary/aromatic N) is 1. The maximum atomic E-state index is 13.8. The lowest BCUT2D eigenvalue weighted by atomic mass is 9.82. The zero-order valence-corrected chi connectivity index (χ0v) is 20.4. The normalized spacial score (nSPS) is 20.8. The summed E-state index contributed by atoms with van der Waals surface area (Å²) in [5, 5.41) is -0.135. The number of amides is 2. The van der Waals surface area contributed by atoms with Gasteiger partial charge in [-0.05, 0) is 35.9 Å². The number of benzene rings is 3. The van der Waals surface area contributed by atoms with Gasteiger partial charge >= 0.3 is 4.87 Å². The minimum absolute atomic E-state index is 0.240. The van der Waals surface area contributed by atoms with Crippen LogP contribution in [-0.4, -0.2) is 22.0 Å². The molecule has 180 valence electrons. The van der Waals surface area contributed by atoms with Gasteiger partial charge in [0.2, 0.25) is 11.8 Å². The third-order valence-electron chi connectivity index (χ3n) is 6.40. The molecule has 3 atom stereocenters. The largest absolute Gasteiger partial charge is 0.489 e. The fourth-order valence-corrected chi connectivity index (χ4v) is 7.31. The average molecular weight is 519 g/mol. The van der Waals surface area contributed by atoms with Gasteiger partial charge in [-0.25, -0.2) is 9.29 Å². The van der Waals surface area contributed by atoms with Crippen molar-refractivity contribution in [1.82, 2.24) is 4.98 Å². The van der Waals surface area contributed by atoms with Gasteiger partial charge in [0, 0.05) is 16.4 Å². The molecule has 1 fully saturated rings. The van der Waals surface area contributed by atoms with E-state index >= 15 is 0 Å². The number of imide groups is 1. The molecule has 1 N–H and O–H groups in total. The number of ether oxygens (including phenoxy) is 1. The highest BCUT2D eigenvalue weighted by Gasteiger charge is 2.56. The first-order chi connectivity index (χ1) is 17.5. The summed E-state index contributed by atoms with van der Waals surface area (Å²) in [6, 6.07) is 22.5. The Balaban J connectivity index is 1.43. The lowest BCUT2D eigenvalue weighted by molar-refractivity contribution is -0.122. The van der Waals surface area contributed by atoms with Gasteiger partial charge in [0.25, 0.3) is 0 Å². The Kier molecular flexibility index (Phi) is 5.73. The molecule has 3 unspecified atom stereocenters. The van der Waals surface area contributed by atoms with Crippen LogP contribution >= 0.6 is 23.1 Å². The lowest BCUT2D eigenvalue weighted by Gasteiger charge is -2.30. The molecule has 0 radical (unpaired) electrons. The molecule has 4 aromatic rings. The SMILES string of the molecule is O=C1C2Sc3[nH]c(=O)sc3C(c3ccccc3OCc3ccccc3)C2C(=O)N1c1ccc(F)cc1. The van der Waals surface area contributed by atoms with Gasteiger partial charge < -0.3 is 9.72 Å². The quantitative estimate of drug-likeness (QED) is 0.378. The molecule has 3 aromatic carbocycles. The Morgan fingerprint density at radius 1 is 0.889 bits per heavy atom. The predicted octanol–water partition coefficient (Wildman–Crippen LogP) is 4.95. The second kappa shape index (κ2) is 9.07. The number of anilines is 1. The van der Waals surface area contributed by atoms with E-state index in [1.165, 1.54) is 36.0 Å². The fourth-order valence-electron chi connectivity index (χ4n) is 4.80. The number of carbonyl (C=O) groups excluding carboxylic acids is 2. The number of rotatable bonds is 5. The second-order valence-electron chi connectivity index (χ2n) is 8.55. The molecule has 6 rings (SSSR count). The van der Waals surface area contributed by atoms with Gasteiger partial charge in [0.15, 0.2) is 0 Å². The molecule has 9 heteroatoms. The monoisotopic (exact) mass is 518 g/mol. The van der Waals surface area contributed by atoms with Crippen LogP contribution in [0.5, 0.6) is 5.75 Å². The Morgan fingerprint density at radius 3 is 2.39 bits per heavy atom. The van der Waals surface area contributed by atoms with Gasteiger partial charge in [-0.3, -0.25) is 14.4 Å². The van der Waals surface area contributed by atoms with Gasteiger partial charge in [0.05, 0.1) is 16.6 Å².